The maximum atomic E-state index is 13.0. The molecule has 2 fully saturated rings. The second-order valence-corrected chi connectivity index (χ2v) is 9.20. The fourth-order valence-corrected chi connectivity index (χ4v) is 5.65. The van der Waals surface area contributed by atoms with Crippen LogP contribution in [-0.4, -0.2) is 53.7 Å². The Bertz CT molecular complexity index is 1050. The number of nitrogens with one attached hydrogen (secondary N) is 1. The monoisotopic (exact) mass is 448 g/mol. The Morgan fingerprint density at radius 3 is 2.30 bits per heavy atom. The van der Waals surface area contributed by atoms with E-state index in [4.69, 9.17) is 4.74 Å². The van der Waals surface area contributed by atoms with Crippen LogP contribution in [0.4, 0.5) is 4.79 Å². The Balaban J connectivity index is 1.19. The Hall–Kier alpha value is -3.35. The van der Waals surface area contributed by atoms with Crippen molar-refractivity contribution in [3.63, 3.8) is 0 Å². The zero-order valence-electron chi connectivity index (χ0n) is 18.6. The number of carbonyl (C=O) groups is 3. The highest BCUT2D eigenvalue weighted by molar-refractivity contribution is 5.86. The number of carbonyl (C=O) groups excluding carboxylic acids is 2. The molecular formula is C26H28N2O5. The van der Waals surface area contributed by atoms with Gasteiger partial charge in [0.05, 0.1) is 5.92 Å². The second kappa shape index (κ2) is 8.54. The normalized spacial score (nSPS) is 23.7. The number of aliphatic carboxylic acids is 1. The molecule has 5 rings (SSSR count). The molecule has 1 unspecified atom stereocenters. The zero-order chi connectivity index (χ0) is 23.1. The van der Waals surface area contributed by atoms with E-state index in [0.717, 1.165) is 22.3 Å². The third kappa shape index (κ3) is 3.86. The Morgan fingerprint density at radius 1 is 1.06 bits per heavy atom. The number of ether oxygens (including phenoxy) is 1. The van der Waals surface area contributed by atoms with E-state index in [1.54, 1.807) is 4.90 Å². The highest BCUT2D eigenvalue weighted by atomic mass is 16.5. The number of carboxylic acids is 1. The SMILES string of the molecule is CC[C@@H](NC(=O)OCC1c2ccccc2-c2ccccc21)C(=O)N1CC[C@H]2C(C(=O)O)[C@H]2C1. The Morgan fingerprint density at radius 2 is 1.70 bits per heavy atom. The average molecular weight is 449 g/mol. The van der Waals surface area contributed by atoms with Gasteiger partial charge in [-0.15, -0.1) is 0 Å². The summed E-state index contributed by atoms with van der Waals surface area (Å²) in [5.74, 6) is -1.10. The van der Waals surface area contributed by atoms with Gasteiger partial charge in [0, 0.05) is 19.0 Å². The first-order valence-corrected chi connectivity index (χ1v) is 11.6. The van der Waals surface area contributed by atoms with Gasteiger partial charge in [-0.25, -0.2) is 4.79 Å². The van der Waals surface area contributed by atoms with Crippen LogP contribution in [0.25, 0.3) is 11.1 Å². The molecule has 1 heterocycles. The molecule has 1 saturated heterocycles. The number of rotatable bonds is 6. The van der Waals surface area contributed by atoms with Crippen LogP contribution in [0, 0.1) is 17.8 Å². The van der Waals surface area contributed by atoms with E-state index in [1.807, 2.05) is 31.2 Å². The number of nitrogens with zero attached hydrogens (tertiary/aromatic N) is 1. The summed E-state index contributed by atoms with van der Waals surface area (Å²) in [5.41, 5.74) is 4.59. The number of benzene rings is 2. The quantitative estimate of drug-likeness (QED) is 0.705. The standard InChI is InChI=1S/C26H28N2O5/c1-2-22(24(29)28-12-11-19-20(13-28)23(19)25(30)31)27-26(32)33-14-21-17-9-5-3-7-15(17)16-8-4-6-10-18(16)21/h3-10,19-23H,2,11-14H2,1H3,(H,27,32)(H,30,31)/t19-,20+,22-,23?/m1/s1. The van der Waals surface area contributed by atoms with E-state index in [2.05, 4.69) is 29.6 Å². The summed E-state index contributed by atoms with van der Waals surface area (Å²) in [5, 5.41) is 12.0. The molecule has 0 aromatic heterocycles. The summed E-state index contributed by atoms with van der Waals surface area (Å²) in [6.07, 6.45) is 0.534. The smallest absolute Gasteiger partial charge is 0.407 e. The molecule has 7 heteroatoms. The minimum Gasteiger partial charge on any atom is -0.481 e. The maximum Gasteiger partial charge on any atom is 0.407 e. The molecule has 0 radical (unpaired) electrons. The molecule has 1 aliphatic heterocycles. The van der Waals surface area contributed by atoms with Crippen LogP contribution in [0.3, 0.4) is 0 Å². The molecule has 1 saturated carbocycles. The van der Waals surface area contributed by atoms with Crippen LogP contribution in [0.1, 0.15) is 36.8 Å². The summed E-state index contributed by atoms with van der Waals surface area (Å²) >= 11 is 0. The molecule has 0 spiro atoms. The lowest BCUT2D eigenvalue weighted by molar-refractivity contribution is -0.139. The Labute approximate surface area is 192 Å². The van der Waals surface area contributed by atoms with Crippen LogP contribution in [0.15, 0.2) is 48.5 Å². The van der Waals surface area contributed by atoms with E-state index in [0.29, 0.717) is 25.9 Å². The number of carboxylic acid groups (broad SMARTS) is 1. The topological polar surface area (TPSA) is 95.9 Å². The van der Waals surface area contributed by atoms with Crippen molar-refractivity contribution >= 4 is 18.0 Å². The molecule has 2 amide bonds. The van der Waals surface area contributed by atoms with Crippen molar-refractivity contribution in [3.8, 4) is 11.1 Å². The van der Waals surface area contributed by atoms with E-state index < -0.39 is 18.1 Å². The molecule has 2 aliphatic carbocycles. The predicted octanol–water partition coefficient (Wildman–Crippen LogP) is 3.48. The van der Waals surface area contributed by atoms with Gasteiger partial charge in [0.25, 0.3) is 0 Å². The van der Waals surface area contributed by atoms with Crippen LogP contribution in [0.5, 0.6) is 0 Å². The molecule has 2 aromatic rings. The van der Waals surface area contributed by atoms with Crippen LogP contribution < -0.4 is 5.32 Å². The van der Waals surface area contributed by atoms with Gasteiger partial charge in [-0.1, -0.05) is 55.5 Å². The van der Waals surface area contributed by atoms with Gasteiger partial charge < -0.3 is 20.1 Å². The second-order valence-electron chi connectivity index (χ2n) is 9.20. The average Bonchev–Trinajstić information content (AvgIpc) is 3.48. The van der Waals surface area contributed by atoms with Gasteiger partial charge in [0.2, 0.25) is 5.91 Å². The van der Waals surface area contributed by atoms with Gasteiger partial charge in [0.1, 0.15) is 12.6 Å². The third-order valence-electron chi connectivity index (χ3n) is 7.43. The molecule has 7 nitrogen and oxygen atoms in total. The zero-order valence-corrected chi connectivity index (χ0v) is 18.6. The van der Waals surface area contributed by atoms with Gasteiger partial charge in [-0.3, -0.25) is 9.59 Å². The number of piperidine rings is 1. The summed E-state index contributed by atoms with van der Waals surface area (Å²) in [7, 11) is 0. The predicted molar refractivity (Wildman–Crippen MR) is 122 cm³/mol. The summed E-state index contributed by atoms with van der Waals surface area (Å²) < 4.78 is 5.59. The first kappa shape index (κ1) is 21.5. The lowest BCUT2D eigenvalue weighted by Crippen LogP contribution is -2.50. The van der Waals surface area contributed by atoms with Crippen molar-refractivity contribution in [2.24, 2.45) is 17.8 Å². The number of amides is 2. The van der Waals surface area contributed by atoms with Gasteiger partial charge in [-0.2, -0.15) is 0 Å². The molecule has 2 N–H and O–H groups in total. The first-order valence-electron chi connectivity index (χ1n) is 11.6. The fourth-order valence-electron chi connectivity index (χ4n) is 5.65. The van der Waals surface area contributed by atoms with Crippen molar-refractivity contribution in [2.45, 2.75) is 31.7 Å². The molecular weight excluding hydrogens is 420 g/mol. The van der Waals surface area contributed by atoms with Gasteiger partial charge in [-0.05, 0) is 46.9 Å². The van der Waals surface area contributed by atoms with Crippen molar-refractivity contribution < 1.29 is 24.2 Å². The lowest BCUT2D eigenvalue weighted by atomic mass is 9.98. The van der Waals surface area contributed by atoms with E-state index in [9.17, 15) is 19.5 Å². The number of likely N-dealkylation sites (tertiary alicyclic amines) is 1. The third-order valence-corrected chi connectivity index (χ3v) is 7.43. The molecule has 4 atom stereocenters. The highest BCUT2D eigenvalue weighted by Crippen LogP contribution is 2.51. The van der Waals surface area contributed by atoms with Crippen LogP contribution >= 0.6 is 0 Å². The summed E-state index contributed by atoms with van der Waals surface area (Å²) in [4.78, 5) is 38.6. The molecule has 33 heavy (non-hydrogen) atoms. The van der Waals surface area contributed by atoms with Crippen molar-refractivity contribution in [1.29, 1.82) is 0 Å². The molecule has 172 valence electrons. The largest absolute Gasteiger partial charge is 0.481 e. The lowest BCUT2D eigenvalue weighted by Gasteiger charge is -2.30. The molecule has 0 bridgehead atoms. The first-order chi connectivity index (χ1) is 16.0. The van der Waals surface area contributed by atoms with Gasteiger partial charge in [0.15, 0.2) is 0 Å². The number of alkyl carbamates (subject to hydrolysis) is 1. The van der Waals surface area contributed by atoms with Crippen molar-refractivity contribution in [1.82, 2.24) is 10.2 Å². The Kier molecular flexibility index (Phi) is 5.56. The molecule has 3 aliphatic rings. The van der Waals surface area contributed by atoms with Crippen molar-refractivity contribution in [2.75, 3.05) is 19.7 Å². The minimum atomic E-state index is -0.775. The minimum absolute atomic E-state index is 0.0344. The number of fused-ring (bicyclic) bond motifs is 4. The van der Waals surface area contributed by atoms with E-state index in [1.165, 1.54) is 0 Å². The van der Waals surface area contributed by atoms with E-state index in [-0.39, 0.29) is 36.2 Å². The van der Waals surface area contributed by atoms with E-state index >= 15 is 0 Å². The number of hydrogen-bond donors (Lipinski definition) is 2. The van der Waals surface area contributed by atoms with Crippen LogP contribution in [0.2, 0.25) is 0 Å². The number of hydrogen-bond acceptors (Lipinski definition) is 4. The van der Waals surface area contributed by atoms with Crippen LogP contribution in [-0.2, 0) is 14.3 Å². The van der Waals surface area contributed by atoms with Crippen molar-refractivity contribution in [3.05, 3.63) is 59.7 Å². The summed E-state index contributed by atoms with van der Waals surface area (Å²) in [6, 6.07) is 15.6. The van der Waals surface area contributed by atoms with Gasteiger partial charge >= 0.3 is 12.1 Å². The maximum absolute atomic E-state index is 13.0. The fraction of sp³-hybridized carbons (Fsp3) is 0.423. The molecule has 2 aromatic carbocycles. The highest BCUT2D eigenvalue weighted by Gasteiger charge is 2.57. The summed E-state index contributed by atoms with van der Waals surface area (Å²) in [6.45, 7) is 3.02.